The first-order chi connectivity index (χ1) is 13.8. The number of hydrogen-bond acceptors (Lipinski definition) is 3. The van der Waals surface area contributed by atoms with E-state index in [-0.39, 0.29) is 30.2 Å². The number of carbonyl (C=O) groups is 2. The van der Waals surface area contributed by atoms with E-state index >= 15 is 0 Å². The summed E-state index contributed by atoms with van der Waals surface area (Å²) in [6, 6.07) is 13.7. The van der Waals surface area contributed by atoms with Gasteiger partial charge in [-0.15, -0.1) is 0 Å². The minimum Gasteiger partial charge on any atom is -0.344 e. The van der Waals surface area contributed by atoms with E-state index in [1.54, 1.807) is 0 Å². The third kappa shape index (κ3) is 5.36. The van der Waals surface area contributed by atoms with Gasteiger partial charge in [-0.3, -0.25) is 9.59 Å². The molecule has 1 heterocycles. The fourth-order valence-corrected chi connectivity index (χ4v) is 4.11. The van der Waals surface area contributed by atoms with Crippen LogP contribution in [0.4, 0.5) is 0 Å². The van der Waals surface area contributed by atoms with Crippen LogP contribution in [0.1, 0.15) is 39.2 Å². The largest absolute Gasteiger partial charge is 0.344 e. The number of likely N-dealkylation sites (tertiary alicyclic amines) is 1. The highest BCUT2D eigenvalue weighted by Gasteiger charge is 2.32. The minimum atomic E-state index is -0.505. The fraction of sp³-hybridized carbons (Fsp3) is 0.500. The molecule has 2 aromatic rings. The average Bonchev–Trinajstić information content (AvgIpc) is 2.71. The molecule has 3 atom stereocenters. The first-order valence-corrected chi connectivity index (χ1v) is 10.7. The van der Waals surface area contributed by atoms with E-state index in [1.807, 2.05) is 62.1 Å². The van der Waals surface area contributed by atoms with Gasteiger partial charge in [-0.25, -0.2) is 0 Å². The highest BCUT2D eigenvalue weighted by atomic mass is 16.2. The molecule has 5 heteroatoms. The molecule has 0 radical (unpaired) electrons. The number of nitrogens with zero attached hydrogens (tertiary/aromatic N) is 1. The Hall–Kier alpha value is -2.40. The van der Waals surface area contributed by atoms with Gasteiger partial charge >= 0.3 is 0 Å². The number of hydrogen-bond donors (Lipinski definition) is 2. The molecule has 29 heavy (non-hydrogen) atoms. The second-order valence-electron chi connectivity index (χ2n) is 8.69. The standard InChI is InChI=1S/C24H33N3O2/c1-16(2)23(24(29)27-12-6-9-21(15-27)17(3)25)26-22(28)14-18-10-11-19-7-4-5-8-20(19)13-18/h4-5,7-8,10-11,13,16-17,21,23H,6,9,12,14-15,25H2,1-3H3,(H,26,28). The summed E-state index contributed by atoms with van der Waals surface area (Å²) in [4.78, 5) is 27.7. The lowest BCUT2D eigenvalue weighted by molar-refractivity contribution is -0.139. The Morgan fingerprint density at radius 3 is 2.55 bits per heavy atom. The molecule has 0 bridgehead atoms. The molecular weight excluding hydrogens is 362 g/mol. The fourth-order valence-electron chi connectivity index (χ4n) is 4.11. The van der Waals surface area contributed by atoms with Crippen molar-refractivity contribution in [1.82, 2.24) is 10.2 Å². The summed E-state index contributed by atoms with van der Waals surface area (Å²) in [6.45, 7) is 7.38. The number of nitrogens with one attached hydrogen (secondary N) is 1. The van der Waals surface area contributed by atoms with Gasteiger partial charge in [-0.2, -0.15) is 0 Å². The number of rotatable bonds is 6. The zero-order chi connectivity index (χ0) is 21.0. The summed E-state index contributed by atoms with van der Waals surface area (Å²) in [5.74, 6) is 0.248. The van der Waals surface area contributed by atoms with Crippen molar-refractivity contribution < 1.29 is 9.59 Å². The first kappa shape index (κ1) is 21.3. The molecule has 3 N–H and O–H groups in total. The van der Waals surface area contributed by atoms with Crippen molar-refractivity contribution in [1.29, 1.82) is 0 Å². The second-order valence-corrected chi connectivity index (χ2v) is 8.69. The zero-order valence-electron chi connectivity index (χ0n) is 17.7. The quantitative estimate of drug-likeness (QED) is 0.789. The maximum atomic E-state index is 13.1. The Morgan fingerprint density at radius 2 is 1.86 bits per heavy atom. The van der Waals surface area contributed by atoms with Gasteiger partial charge in [0.15, 0.2) is 0 Å². The van der Waals surface area contributed by atoms with E-state index in [1.165, 1.54) is 0 Å². The van der Waals surface area contributed by atoms with Crippen molar-refractivity contribution in [3.63, 3.8) is 0 Å². The van der Waals surface area contributed by atoms with Crippen LogP contribution in [0.25, 0.3) is 10.8 Å². The van der Waals surface area contributed by atoms with Crippen LogP contribution >= 0.6 is 0 Å². The van der Waals surface area contributed by atoms with Gasteiger partial charge in [-0.1, -0.05) is 56.3 Å². The van der Waals surface area contributed by atoms with Crippen molar-refractivity contribution in [3.8, 4) is 0 Å². The van der Waals surface area contributed by atoms with Crippen LogP contribution in [-0.2, 0) is 16.0 Å². The van der Waals surface area contributed by atoms with Crippen molar-refractivity contribution in [2.75, 3.05) is 13.1 Å². The van der Waals surface area contributed by atoms with Crippen molar-refractivity contribution in [3.05, 3.63) is 48.0 Å². The summed E-state index contributed by atoms with van der Waals surface area (Å²) in [5.41, 5.74) is 7.01. The number of piperidine rings is 1. The normalized spacial score (nSPS) is 19.2. The summed E-state index contributed by atoms with van der Waals surface area (Å²) in [5, 5.41) is 5.26. The van der Waals surface area contributed by atoms with Crippen LogP contribution in [0.2, 0.25) is 0 Å². The van der Waals surface area contributed by atoms with E-state index in [0.717, 1.165) is 35.7 Å². The predicted octanol–water partition coefficient (Wildman–Crippen LogP) is 3.11. The lowest BCUT2D eigenvalue weighted by Crippen LogP contribution is -2.54. The number of benzene rings is 2. The molecule has 1 saturated heterocycles. The third-order valence-electron chi connectivity index (χ3n) is 5.94. The molecular formula is C24H33N3O2. The monoisotopic (exact) mass is 395 g/mol. The maximum absolute atomic E-state index is 13.1. The molecule has 1 fully saturated rings. The van der Waals surface area contributed by atoms with Gasteiger partial charge in [0.2, 0.25) is 11.8 Å². The smallest absolute Gasteiger partial charge is 0.245 e. The summed E-state index contributed by atoms with van der Waals surface area (Å²) >= 11 is 0. The lowest BCUT2D eigenvalue weighted by atomic mass is 9.91. The van der Waals surface area contributed by atoms with E-state index < -0.39 is 6.04 Å². The molecule has 2 aromatic carbocycles. The van der Waals surface area contributed by atoms with Crippen molar-refractivity contribution in [2.24, 2.45) is 17.6 Å². The molecule has 0 spiro atoms. The van der Waals surface area contributed by atoms with E-state index in [0.29, 0.717) is 12.5 Å². The topological polar surface area (TPSA) is 75.4 Å². The molecule has 3 unspecified atom stereocenters. The molecule has 1 aliphatic rings. The molecule has 156 valence electrons. The Bertz CT molecular complexity index is 862. The molecule has 3 rings (SSSR count). The van der Waals surface area contributed by atoms with Crippen LogP contribution in [0.15, 0.2) is 42.5 Å². The molecule has 2 amide bonds. The van der Waals surface area contributed by atoms with E-state index in [9.17, 15) is 9.59 Å². The zero-order valence-corrected chi connectivity index (χ0v) is 17.7. The molecule has 0 saturated carbocycles. The van der Waals surface area contributed by atoms with E-state index in [2.05, 4.69) is 11.4 Å². The molecule has 0 aromatic heterocycles. The van der Waals surface area contributed by atoms with Crippen molar-refractivity contribution in [2.45, 2.75) is 52.1 Å². The average molecular weight is 396 g/mol. The Labute approximate surface area is 173 Å². The van der Waals surface area contributed by atoms with Gasteiger partial charge in [0.25, 0.3) is 0 Å². The van der Waals surface area contributed by atoms with Gasteiger partial charge in [0.1, 0.15) is 6.04 Å². The van der Waals surface area contributed by atoms with Gasteiger partial charge in [-0.05, 0) is 47.9 Å². The second kappa shape index (κ2) is 9.40. The maximum Gasteiger partial charge on any atom is 0.245 e. The summed E-state index contributed by atoms with van der Waals surface area (Å²) in [7, 11) is 0. The predicted molar refractivity (Wildman–Crippen MR) is 117 cm³/mol. The summed E-state index contributed by atoms with van der Waals surface area (Å²) < 4.78 is 0. The lowest BCUT2D eigenvalue weighted by Gasteiger charge is -2.37. The number of fused-ring (bicyclic) bond motifs is 1. The number of carbonyl (C=O) groups excluding carboxylic acids is 2. The SMILES string of the molecule is CC(C)C(NC(=O)Cc1ccc2ccccc2c1)C(=O)N1CCCC(C(C)N)C1. The summed E-state index contributed by atoms with van der Waals surface area (Å²) in [6.07, 6.45) is 2.29. The first-order valence-electron chi connectivity index (χ1n) is 10.7. The highest BCUT2D eigenvalue weighted by molar-refractivity contribution is 5.89. The number of amides is 2. The van der Waals surface area contributed by atoms with E-state index in [4.69, 9.17) is 5.73 Å². The third-order valence-corrected chi connectivity index (χ3v) is 5.94. The Morgan fingerprint density at radius 1 is 1.14 bits per heavy atom. The van der Waals surface area contributed by atoms with Gasteiger partial charge in [0, 0.05) is 19.1 Å². The Kier molecular flexibility index (Phi) is 6.91. The minimum absolute atomic E-state index is 0.0113. The molecule has 0 aliphatic carbocycles. The van der Waals surface area contributed by atoms with Gasteiger partial charge < -0.3 is 16.0 Å². The molecule has 5 nitrogen and oxygen atoms in total. The number of nitrogens with two attached hydrogens (primary N) is 1. The van der Waals surface area contributed by atoms with Crippen molar-refractivity contribution >= 4 is 22.6 Å². The highest BCUT2D eigenvalue weighted by Crippen LogP contribution is 2.21. The molecule has 1 aliphatic heterocycles. The van der Waals surface area contributed by atoms with Crippen LogP contribution in [0, 0.1) is 11.8 Å². The van der Waals surface area contributed by atoms with Crippen LogP contribution < -0.4 is 11.1 Å². The van der Waals surface area contributed by atoms with Crippen LogP contribution in [0.5, 0.6) is 0 Å². The Balaban J connectivity index is 1.65. The van der Waals surface area contributed by atoms with Crippen LogP contribution in [0.3, 0.4) is 0 Å². The van der Waals surface area contributed by atoms with Crippen LogP contribution in [-0.4, -0.2) is 41.9 Å². The van der Waals surface area contributed by atoms with Gasteiger partial charge in [0.05, 0.1) is 6.42 Å².